The van der Waals surface area contributed by atoms with Crippen molar-refractivity contribution in [1.29, 1.82) is 0 Å². The number of aromatic nitrogens is 1. The van der Waals surface area contributed by atoms with Gasteiger partial charge in [-0.05, 0) is 30.3 Å². The number of thioether (sulfide) groups is 1. The Bertz CT molecular complexity index is 724. The highest BCUT2D eigenvalue weighted by Gasteiger charge is 2.32. The van der Waals surface area contributed by atoms with E-state index in [4.69, 9.17) is 5.73 Å². The van der Waals surface area contributed by atoms with E-state index in [1.54, 1.807) is 0 Å². The summed E-state index contributed by atoms with van der Waals surface area (Å²) in [5.41, 5.74) is 4.72. The average molecular weight is 344 g/mol. The fraction of sp³-hybridized carbons (Fsp3) is 0.200. The number of carbonyl (C=O) groups is 1. The molecule has 0 radical (unpaired) electrons. The van der Waals surface area contributed by atoms with Crippen LogP contribution in [0.15, 0.2) is 41.6 Å². The number of rotatable bonds is 6. The van der Waals surface area contributed by atoms with Gasteiger partial charge in [0.25, 0.3) is 11.8 Å². The second-order valence-electron chi connectivity index (χ2n) is 4.65. The Morgan fingerprint density at radius 1 is 1.22 bits per heavy atom. The van der Waals surface area contributed by atoms with E-state index in [0.717, 1.165) is 17.8 Å². The Labute approximate surface area is 133 Å². The predicted octanol–water partition coefficient (Wildman–Crippen LogP) is 3.73. The minimum Gasteiger partial charge on any atom is -0.366 e. The molecule has 0 saturated heterocycles. The summed E-state index contributed by atoms with van der Waals surface area (Å²) >= 11 is 0.944. The molecular formula is C15H12F4N2OS. The minimum atomic E-state index is -3.33. The van der Waals surface area contributed by atoms with Crippen molar-refractivity contribution in [3.8, 4) is 0 Å². The largest absolute Gasteiger partial charge is 0.366 e. The molecule has 122 valence electrons. The minimum absolute atomic E-state index is 0.0801. The lowest BCUT2D eigenvalue weighted by Crippen LogP contribution is -2.16. The molecule has 0 aliphatic carbocycles. The molecule has 0 unspecified atom stereocenters. The zero-order valence-electron chi connectivity index (χ0n) is 11.7. The Kier molecular flexibility index (Phi) is 5.25. The third-order valence-electron chi connectivity index (χ3n) is 3.03. The van der Waals surface area contributed by atoms with E-state index >= 15 is 0 Å². The van der Waals surface area contributed by atoms with Gasteiger partial charge < -0.3 is 5.73 Å². The van der Waals surface area contributed by atoms with Crippen molar-refractivity contribution in [3.63, 3.8) is 0 Å². The molecule has 0 fully saturated rings. The number of carbonyl (C=O) groups excluding carboxylic acids is 1. The Morgan fingerprint density at radius 2 is 1.96 bits per heavy atom. The van der Waals surface area contributed by atoms with Crippen LogP contribution in [0.4, 0.5) is 17.6 Å². The maximum absolute atomic E-state index is 14.0. The molecule has 3 nitrogen and oxygen atoms in total. The summed E-state index contributed by atoms with van der Waals surface area (Å²) in [6, 6.07) is 4.95. The summed E-state index contributed by atoms with van der Waals surface area (Å²) in [6.45, 7) is 0. The van der Waals surface area contributed by atoms with Crippen LogP contribution in [0.3, 0.4) is 0 Å². The maximum atomic E-state index is 14.0. The highest BCUT2D eigenvalue weighted by atomic mass is 32.2. The molecule has 2 rings (SSSR count). The predicted molar refractivity (Wildman–Crippen MR) is 78.3 cm³/mol. The Balaban J connectivity index is 2.05. The van der Waals surface area contributed by atoms with E-state index in [1.807, 2.05) is 0 Å². The number of hydrogen-bond donors (Lipinski definition) is 1. The maximum Gasteiger partial charge on any atom is 0.274 e. The molecule has 2 N–H and O–H groups in total. The van der Waals surface area contributed by atoms with Gasteiger partial charge in [-0.3, -0.25) is 4.79 Å². The number of primary amides is 1. The summed E-state index contributed by atoms with van der Waals surface area (Å²) in [6.07, 6.45) is 0.791. The molecule has 0 bridgehead atoms. The van der Waals surface area contributed by atoms with E-state index < -0.39 is 35.4 Å². The van der Waals surface area contributed by atoms with Crippen LogP contribution in [0.1, 0.15) is 22.3 Å². The molecular weight excluding hydrogens is 332 g/mol. The lowest BCUT2D eigenvalue weighted by atomic mass is 10.1. The number of hydrogen-bond acceptors (Lipinski definition) is 3. The lowest BCUT2D eigenvalue weighted by Gasteiger charge is -2.16. The van der Waals surface area contributed by atoms with Gasteiger partial charge in [-0.15, -0.1) is 11.8 Å². The number of alkyl halides is 2. The summed E-state index contributed by atoms with van der Waals surface area (Å²) in [4.78, 5) is 15.1. The van der Waals surface area contributed by atoms with E-state index in [2.05, 4.69) is 4.98 Å². The van der Waals surface area contributed by atoms with Gasteiger partial charge in [0, 0.05) is 23.9 Å². The van der Waals surface area contributed by atoms with Gasteiger partial charge >= 0.3 is 0 Å². The van der Waals surface area contributed by atoms with Crippen LogP contribution in [0, 0.1) is 11.6 Å². The first-order valence-electron chi connectivity index (χ1n) is 6.52. The van der Waals surface area contributed by atoms with Crippen molar-refractivity contribution < 1.29 is 22.4 Å². The van der Waals surface area contributed by atoms with E-state index in [9.17, 15) is 22.4 Å². The van der Waals surface area contributed by atoms with Crippen LogP contribution in [-0.4, -0.2) is 16.6 Å². The van der Waals surface area contributed by atoms with Gasteiger partial charge in [0.1, 0.15) is 5.03 Å². The quantitative estimate of drug-likeness (QED) is 0.642. The summed E-state index contributed by atoms with van der Waals surface area (Å²) in [5, 5.41) is 0.251. The first-order valence-corrected chi connectivity index (χ1v) is 7.51. The molecule has 1 aromatic carbocycles. The molecule has 23 heavy (non-hydrogen) atoms. The van der Waals surface area contributed by atoms with Gasteiger partial charge in [0.15, 0.2) is 11.6 Å². The fourth-order valence-electron chi connectivity index (χ4n) is 1.84. The second kappa shape index (κ2) is 6.99. The molecule has 1 aromatic heterocycles. The lowest BCUT2D eigenvalue weighted by molar-refractivity contribution is -0.00740. The number of amides is 1. The molecule has 1 amide bonds. The van der Waals surface area contributed by atoms with Crippen molar-refractivity contribution in [3.05, 3.63) is 59.3 Å². The van der Waals surface area contributed by atoms with Gasteiger partial charge in [-0.25, -0.2) is 22.5 Å². The third kappa shape index (κ3) is 4.22. The molecule has 0 aliphatic rings. The zero-order chi connectivity index (χ0) is 17.0. The smallest absolute Gasteiger partial charge is 0.274 e. The van der Waals surface area contributed by atoms with E-state index in [-0.39, 0.29) is 16.3 Å². The monoisotopic (exact) mass is 344 g/mol. The van der Waals surface area contributed by atoms with Crippen molar-refractivity contribution in [1.82, 2.24) is 4.98 Å². The summed E-state index contributed by atoms with van der Waals surface area (Å²) in [7, 11) is 0. The molecule has 0 atom stereocenters. The Morgan fingerprint density at radius 3 is 2.61 bits per heavy atom. The van der Waals surface area contributed by atoms with Crippen LogP contribution in [0.25, 0.3) is 0 Å². The van der Waals surface area contributed by atoms with Crippen LogP contribution in [-0.2, 0) is 5.92 Å². The SMILES string of the molecule is NC(=O)c1cccnc1SCCC(F)(F)c1ccc(F)c(F)c1. The molecule has 8 heteroatoms. The van der Waals surface area contributed by atoms with Crippen LogP contribution in [0.5, 0.6) is 0 Å². The summed E-state index contributed by atoms with van der Waals surface area (Å²) < 4.78 is 53.9. The summed E-state index contributed by atoms with van der Waals surface area (Å²) in [5.74, 6) is -6.62. The zero-order valence-corrected chi connectivity index (χ0v) is 12.5. The normalized spacial score (nSPS) is 11.5. The standard InChI is InChI=1S/C15H12F4N2OS/c16-11-4-3-9(8-12(11)17)15(18,19)5-7-23-14-10(13(20)22)2-1-6-21-14/h1-4,6,8H,5,7H2,(H2,20,22). The van der Waals surface area contributed by atoms with Gasteiger partial charge in [-0.2, -0.15) is 0 Å². The first kappa shape index (κ1) is 17.3. The number of benzene rings is 1. The fourth-order valence-corrected chi connectivity index (χ4v) is 2.85. The second-order valence-corrected chi connectivity index (χ2v) is 5.74. The van der Waals surface area contributed by atoms with Crippen LogP contribution >= 0.6 is 11.8 Å². The molecule has 2 aromatic rings. The van der Waals surface area contributed by atoms with Crippen molar-refractivity contribution in [2.45, 2.75) is 17.4 Å². The number of nitrogens with zero attached hydrogens (tertiary/aromatic N) is 1. The van der Waals surface area contributed by atoms with Crippen molar-refractivity contribution >= 4 is 17.7 Å². The van der Waals surface area contributed by atoms with E-state index in [0.29, 0.717) is 12.1 Å². The number of pyridine rings is 1. The number of halogens is 4. The van der Waals surface area contributed by atoms with Crippen molar-refractivity contribution in [2.75, 3.05) is 5.75 Å². The van der Waals surface area contributed by atoms with Gasteiger partial charge in [0.05, 0.1) is 5.56 Å². The Hall–Kier alpha value is -2.09. The highest BCUT2D eigenvalue weighted by Crippen LogP contribution is 2.35. The van der Waals surface area contributed by atoms with Crippen LogP contribution < -0.4 is 5.73 Å². The average Bonchev–Trinajstić information content (AvgIpc) is 2.50. The molecule has 1 heterocycles. The van der Waals surface area contributed by atoms with Crippen LogP contribution in [0.2, 0.25) is 0 Å². The number of nitrogens with two attached hydrogens (primary N) is 1. The van der Waals surface area contributed by atoms with Gasteiger partial charge in [-0.1, -0.05) is 0 Å². The molecule has 0 aliphatic heterocycles. The third-order valence-corrected chi connectivity index (χ3v) is 4.04. The van der Waals surface area contributed by atoms with Gasteiger partial charge in [0.2, 0.25) is 0 Å². The van der Waals surface area contributed by atoms with E-state index in [1.165, 1.54) is 18.3 Å². The highest BCUT2D eigenvalue weighted by molar-refractivity contribution is 7.99. The first-order chi connectivity index (χ1) is 10.8. The topological polar surface area (TPSA) is 56.0 Å². The molecule has 0 spiro atoms. The molecule has 0 saturated carbocycles. The van der Waals surface area contributed by atoms with Crippen molar-refractivity contribution in [2.24, 2.45) is 5.73 Å².